The van der Waals surface area contributed by atoms with Gasteiger partial charge in [-0.3, -0.25) is 0 Å². The van der Waals surface area contributed by atoms with Crippen molar-refractivity contribution in [2.45, 2.75) is 12.5 Å². The molecule has 1 aliphatic heterocycles. The Kier molecular flexibility index (Phi) is 5.90. The number of carboxylic acids is 1. The molecule has 0 spiro atoms. The van der Waals surface area contributed by atoms with Crippen LogP contribution in [0, 0.1) is 0 Å². The van der Waals surface area contributed by atoms with Gasteiger partial charge in [-0.2, -0.15) is 0 Å². The fraction of sp³-hybridized carbons (Fsp3) is 0.583. The summed E-state index contributed by atoms with van der Waals surface area (Å²) in [6, 6.07) is -0.292. The summed E-state index contributed by atoms with van der Waals surface area (Å²) in [5.41, 5.74) is 0.0360. The van der Waals surface area contributed by atoms with Gasteiger partial charge in [-0.1, -0.05) is 0 Å². The number of hydrogen-bond donors (Lipinski definition) is 3. The zero-order valence-electron chi connectivity index (χ0n) is 11.3. The number of carbonyl (C=O) groups excluding carboxylic acids is 1. The summed E-state index contributed by atoms with van der Waals surface area (Å²) in [6.45, 7) is 2.41. The molecular weight excluding hydrogens is 298 g/mol. The Morgan fingerprint density at radius 3 is 2.95 bits per heavy atom. The minimum atomic E-state index is -1.04. The molecule has 0 aromatic carbocycles. The third-order valence-corrected chi connectivity index (χ3v) is 3.68. The average molecular weight is 315 g/mol. The number of aromatic carboxylic acids is 1. The van der Waals surface area contributed by atoms with Gasteiger partial charge < -0.3 is 25.2 Å². The summed E-state index contributed by atoms with van der Waals surface area (Å²) >= 11 is 1.27. The Hall–Kier alpha value is -1.71. The lowest BCUT2D eigenvalue weighted by Gasteiger charge is -2.23. The number of urea groups is 1. The lowest BCUT2D eigenvalue weighted by Crippen LogP contribution is -2.44. The summed E-state index contributed by atoms with van der Waals surface area (Å²) < 4.78 is 10.6. The summed E-state index contributed by atoms with van der Waals surface area (Å²) in [5.74, 6) is -1.04. The van der Waals surface area contributed by atoms with Gasteiger partial charge in [0.2, 0.25) is 0 Å². The molecule has 116 valence electrons. The first-order valence-corrected chi connectivity index (χ1v) is 7.42. The Balaban J connectivity index is 1.61. The number of hydrogen-bond acceptors (Lipinski definition) is 6. The van der Waals surface area contributed by atoms with Crippen LogP contribution in [0.3, 0.4) is 0 Å². The minimum Gasteiger partial charge on any atom is -0.476 e. The van der Waals surface area contributed by atoms with Gasteiger partial charge in [-0.15, -0.1) is 11.3 Å². The van der Waals surface area contributed by atoms with Crippen LogP contribution >= 0.6 is 11.3 Å². The number of thiazole rings is 1. The van der Waals surface area contributed by atoms with Crippen LogP contribution < -0.4 is 10.6 Å². The second-order valence-electron chi connectivity index (χ2n) is 4.39. The van der Waals surface area contributed by atoms with Crippen molar-refractivity contribution in [1.29, 1.82) is 0 Å². The van der Waals surface area contributed by atoms with Gasteiger partial charge >= 0.3 is 12.0 Å². The third kappa shape index (κ3) is 5.29. The van der Waals surface area contributed by atoms with E-state index in [1.165, 1.54) is 16.7 Å². The van der Waals surface area contributed by atoms with E-state index in [4.69, 9.17) is 14.6 Å². The highest BCUT2D eigenvalue weighted by molar-refractivity contribution is 7.09. The van der Waals surface area contributed by atoms with Crippen LogP contribution in [0.1, 0.15) is 15.5 Å². The molecule has 0 bridgehead atoms. The number of nitrogens with zero attached hydrogens (tertiary/aromatic N) is 1. The van der Waals surface area contributed by atoms with Crippen molar-refractivity contribution in [2.75, 3.05) is 32.9 Å². The Labute approximate surface area is 125 Å². The minimum absolute atomic E-state index is 0.0360. The van der Waals surface area contributed by atoms with Gasteiger partial charge in [0.1, 0.15) is 0 Å². The van der Waals surface area contributed by atoms with Crippen molar-refractivity contribution in [3.63, 3.8) is 0 Å². The molecule has 0 aliphatic carbocycles. The topological polar surface area (TPSA) is 110 Å². The standard InChI is InChI=1S/C12H17N3O5S/c16-11(17)9-7-21-10(15-9)1-2-13-12(18)14-5-8-6-19-3-4-20-8/h7-8H,1-6H2,(H,16,17)(H2,13,14,18). The van der Waals surface area contributed by atoms with E-state index in [9.17, 15) is 9.59 Å². The van der Waals surface area contributed by atoms with Crippen LogP contribution in [0.5, 0.6) is 0 Å². The van der Waals surface area contributed by atoms with Gasteiger partial charge in [-0.25, -0.2) is 14.6 Å². The first-order valence-electron chi connectivity index (χ1n) is 6.54. The SMILES string of the molecule is O=C(NCCc1nc(C(=O)O)cs1)NCC1COCCO1. The molecule has 1 aromatic rings. The Bertz CT molecular complexity index is 487. The first-order chi connectivity index (χ1) is 10.1. The van der Waals surface area contributed by atoms with Gasteiger partial charge in [-0.05, 0) is 0 Å². The third-order valence-electron chi connectivity index (χ3n) is 2.77. The molecule has 1 saturated heterocycles. The number of aromatic nitrogens is 1. The Morgan fingerprint density at radius 2 is 2.29 bits per heavy atom. The van der Waals surface area contributed by atoms with Gasteiger partial charge in [0.05, 0.1) is 30.9 Å². The quantitative estimate of drug-likeness (QED) is 0.687. The zero-order chi connectivity index (χ0) is 15.1. The fourth-order valence-electron chi connectivity index (χ4n) is 1.73. The van der Waals surface area contributed by atoms with Crippen molar-refractivity contribution >= 4 is 23.3 Å². The van der Waals surface area contributed by atoms with E-state index in [-0.39, 0.29) is 17.8 Å². The predicted molar refractivity (Wildman–Crippen MR) is 74.7 cm³/mol. The second-order valence-corrected chi connectivity index (χ2v) is 5.33. The summed E-state index contributed by atoms with van der Waals surface area (Å²) in [7, 11) is 0. The van der Waals surface area contributed by atoms with Crippen LogP contribution in [0.4, 0.5) is 4.79 Å². The largest absolute Gasteiger partial charge is 0.476 e. The Morgan fingerprint density at radius 1 is 1.43 bits per heavy atom. The van der Waals surface area contributed by atoms with Crippen molar-refractivity contribution in [2.24, 2.45) is 0 Å². The summed E-state index contributed by atoms with van der Waals surface area (Å²) in [4.78, 5) is 26.2. The number of ether oxygens (including phenoxy) is 2. The maximum atomic E-state index is 11.6. The van der Waals surface area contributed by atoms with Gasteiger partial charge in [0, 0.05) is 24.9 Å². The van der Waals surface area contributed by atoms with E-state index in [1.807, 2.05) is 0 Å². The van der Waals surface area contributed by atoms with Gasteiger partial charge in [0.25, 0.3) is 0 Å². The molecule has 1 aliphatic rings. The molecular formula is C12H17N3O5S. The molecule has 0 radical (unpaired) electrons. The molecule has 1 aromatic heterocycles. The first kappa shape index (κ1) is 15.7. The van der Waals surface area contributed by atoms with E-state index < -0.39 is 5.97 Å². The molecule has 2 rings (SSSR count). The molecule has 1 fully saturated rings. The molecule has 1 unspecified atom stereocenters. The molecule has 21 heavy (non-hydrogen) atoms. The van der Waals surface area contributed by atoms with E-state index in [0.717, 1.165) is 0 Å². The number of nitrogens with one attached hydrogen (secondary N) is 2. The second kappa shape index (κ2) is 7.91. The maximum Gasteiger partial charge on any atom is 0.355 e. The highest BCUT2D eigenvalue weighted by atomic mass is 32.1. The predicted octanol–water partition coefficient (Wildman–Crippen LogP) is 0.0984. The van der Waals surface area contributed by atoms with E-state index in [2.05, 4.69) is 15.6 Å². The maximum absolute atomic E-state index is 11.6. The molecule has 9 heteroatoms. The highest BCUT2D eigenvalue weighted by Crippen LogP contribution is 2.09. The molecule has 2 amide bonds. The smallest absolute Gasteiger partial charge is 0.355 e. The lowest BCUT2D eigenvalue weighted by molar-refractivity contribution is -0.0853. The molecule has 3 N–H and O–H groups in total. The van der Waals surface area contributed by atoms with Crippen molar-refractivity contribution in [3.05, 3.63) is 16.1 Å². The summed E-state index contributed by atoms with van der Waals surface area (Å²) in [6.07, 6.45) is 0.385. The van der Waals surface area contributed by atoms with E-state index in [1.54, 1.807) is 0 Å². The van der Waals surface area contributed by atoms with Crippen LogP contribution in [0.15, 0.2) is 5.38 Å². The molecule has 2 heterocycles. The van der Waals surface area contributed by atoms with Crippen LogP contribution in [0.2, 0.25) is 0 Å². The normalized spacial score (nSPS) is 18.2. The summed E-state index contributed by atoms with van der Waals surface area (Å²) in [5, 5.41) is 16.3. The fourth-order valence-corrected chi connectivity index (χ4v) is 2.50. The van der Waals surface area contributed by atoms with Gasteiger partial charge in [0.15, 0.2) is 5.69 Å². The van der Waals surface area contributed by atoms with Crippen molar-refractivity contribution in [3.8, 4) is 0 Å². The van der Waals surface area contributed by atoms with E-state index in [0.29, 0.717) is 44.3 Å². The van der Waals surface area contributed by atoms with E-state index >= 15 is 0 Å². The van der Waals surface area contributed by atoms with Crippen molar-refractivity contribution in [1.82, 2.24) is 15.6 Å². The monoisotopic (exact) mass is 315 g/mol. The van der Waals surface area contributed by atoms with Crippen molar-refractivity contribution < 1.29 is 24.2 Å². The number of rotatable bonds is 6. The lowest BCUT2D eigenvalue weighted by atomic mass is 10.3. The van der Waals surface area contributed by atoms with Crippen LogP contribution in [-0.4, -0.2) is 61.1 Å². The number of carbonyl (C=O) groups is 2. The molecule has 8 nitrogen and oxygen atoms in total. The highest BCUT2D eigenvalue weighted by Gasteiger charge is 2.15. The number of carboxylic acid groups (broad SMARTS) is 1. The molecule has 0 saturated carbocycles. The van der Waals surface area contributed by atoms with Crippen LogP contribution in [0.25, 0.3) is 0 Å². The van der Waals surface area contributed by atoms with Crippen LogP contribution in [-0.2, 0) is 15.9 Å². The molecule has 1 atom stereocenters. The zero-order valence-corrected chi connectivity index (χ0v) is 12.1. The number of amides is 2. The average Bonchev–Trinajstić information content (AvgIpc) is 2.95.